The molecule has 4 nitrogen and oxygen atoms in total. The summed E-state index contributed by atoms with van der Waals surface area (Å²) in [5.41, 5.74) is -0.359. The molecule has 1 fully saturated rings. The van der Waals surface area contributed by atoms with E-state index in [1.807, 2.05) is 12.1 Å². The number of nitriles is 2. The molecule has 2 rings (SSSR count). The number of carbonyl (C=O) groups is 1. The van der Waals surface area contributed by atoms with Crippen LogP contribution in [0.4, 0.5) is 0 Å². The molecule has 1 aromatic rings. The summed E-state index contributed by atoms with van der Waals surface area (Å²) in [5, 5.41) is 18.1. The molecule has 2 atom stereocenters. The third-order valence-corrected chi connectivity index (χ3v) is 3.26. The molecule has 84 valence electrons. The van der Waals surface area contributed by atoms with Gasteiger partial charge in [-0.05, 0) is 17.7 Å². The van der Waals surface area contributed by atoms with Crippen molar-refractivity contribution in [3.05, 3.63) is 29.8 Å². The van der Waals surface area contributed by atoms with Crippen molar-refractivity contribution < 1.29 is 9.53 Å². The normalized spacial score (nSPS) is 24.2. The lowest BCUT2D eigenvalue weighted by atomic mass is 10.0. The molecule has 0 N–H and O–H groups in total. The second-order valence-electron chi connectivity index (χ2n) is 4.01. The van der Waals surface area contributed by atoms with Gasteiger partial charge in [-0.15, -0.1) is 0 Å². The fourth-order valence-electron chi connectivity index (χ4n) is 2.20. The molecule has 0 aliphatic heterocycles. The van der Waals surface area contributed by atoms with Gasteiger partial charge in [-0.1, -0.05) is 12.1 Å². The number of rotatable bonds is 3. The molecule has 0 saturated heterocycles. The average molecular weight is 226 g/mol. The van der Waals surface area contributed by atoms with Crippen LogP contribution < -0.4 is 4.74 Å². The third kappa shape index (κ3) is 1.46. The summed E-state index contributed by atoms with van der Waals surface area (Å²) in [6, 6.07) is 11.0. The first-order valence-corrected chi connectivity index (χ1v) is 5.15. The lowest BCUT2D eigenvalue weighted by Crippen LogP contribution is -1.98. The molecule has 1 aliphatic rings. The van der Waals surface area contributed by atoms with Gasteiger partial charge in [0.05, 0.1) is 25.2 Å². The minimum absolute atomic E-state index is 0.319. The fraction of sp³-hybridized carbons (Fsp3) is 0.308. The van der Waals surface area contributed by atoms with Crippen LogP contribution in [0.2, 0.25) is 0 Å². The smallest absolute Gasteiger partial charge is 0.161 e. The molecule has 0 spiro atoms. The van der Waals surface area contributed by atoms with Crippen LogP contribution in [0.5, 0.6) is 5.75 Å². The van der Waals surface area contributed by atoms with Gasteiger partial charge in [0, 0.05) is 5.92 Å². The molecular formula is C13H10N2O2. The van der Waals surface area contributed by atoms with Crippen LogP contribution in [0.1, 0.15) is 11.5 Å². The zero-order chi connectivity index (χ0) is 12.5. The van der Waals surface area contributed by atoms with Gasteiger partial charge in [0.2, 0.25) is 0 Å². The molecule has 1 aliphatic carbocycles. The molecule has 0 radical (unpaired) electrons. The number of nitrogens with zero attached hydrogens (tertiary/aromatic N) is 2. The number of carbonyl (C=O) groups excluding carboxylic acids is 1. The van der Waals surface area contributed by atoms with Gasteiger partial charge in [-0.3, -0.25) is 0 Å². The van der Waals surface area contributed by atoms with Crippen molar-refractivity contribution >= 4 is 6.29 Å². The molecule has 2 unspecified atom stereocenters. The first-order chi connectivity index (χ1) is 8.23. The van der Waals surface area contributed by atoms with Crippen LogP contribution in [0.25, 0.3) is 0 Å². The predicted molar refractivity (Wildman–Crippen MR) is 58.9 cm³/mol. The van der Waals surface area contributed by atoms with Gasteiger partial charge in [-0.25, -0.2) is 0 Å². The minimum atomic E-state index is -1.18. The zero-order valence-corrected chi connectivity index (χ0v) is 9.25. The standard InChI is InChI=1S/C13H10N2O2/c1-17-10-4-2-9(3-5-10)12-11(6-16)13(12,7-14)8-15/h2-6,11-12H,1H3. The van der Waals surface area contributed by atoms with Gasteiger partial charge >= 0.3 is 0 Å². The molecule has 1 aromatic carbocycles. The Morgan fingerprint density at radius 1 is 1.29 bits per heavy atom. The van der Waals surface area contributed by atoms with E-state index in [4.69, 9.17) is 15.3 Å². The van der Waals surface area contributed by atoms with Crippen LogP contribution in [-0.2, 0) is 4.79 Å². The number of benzene rings is 1. The van der Waals surface area contributed by atoms with Gasteiger partial charge in [0.1, 0.15) is 12.0 Å². The van der Waals surface area contributed by atoms with Gasteiger partial charge in [-0.2, -0.15) is 10.5 Å². The second-order valence-corrected chi connectivity index (χ2v) is 4.01. The molecule has 17 heavy (non-hydrogen) atoms. The predicted octanol–water partition coefficient (Wildman–Crippen LogP) is 1.64. The number of hydrogen-bond donors (Lipinski definition) is 0. The Morgan fingerprint density at radius 3 is 2.24 bits per heavy atom. The van der Waals surface area contributed by atoms with Crippen molar-refractivity contribution in [3.63, 3.8) is 0 Å². The lowest BCUT2D eigenvalue weighted by molar-refractivity contribution is -0.109. The van der Waals surface area contributed by atoms with E-state index in [0.717, 1.165) is 5.56 Å². The van der Waals surface area contributed by atoms with E-state index in [1.54, 1.807) is 31.4 Å². The van der Waals surface area contributed by atoms with E-state index in [-0.39, 0.29) is 5.92 Å². The van der Waals surface area contributed by atoms with E-state index in [0.29, 0.717) is 12.0 Å². The van der Waals surface area contributed by atoms with Crippen molar-refractivity contribution in [2.24, 2.45) is 11.3 Å². The third-order valence-electron chi connectivity index (χ3n) is 3.26. The van der Waals surface area contributed by atoms with Gasteiger partial charge in [0.25, 0.3) is 0 Å². The van der Waals surface area contributed by atoms with E-state index in [2.05, 4.69) is 0 Å². The fourth-order valence-corrected chi connectivity index (χ4v) is 2.20. The van der Waals surface area contributed by atoms with Crippen LogP contribution in [0.15, 0.2) is 24.3 Å². The Bertz CT molecular complexity index is 508. The molecule has 0 heterocycles. The monoisotopic (exact) mass is 226 g/mol. The zero-order valence-electron chi connectivity index (χ0n) is 9.25. The maximum atomic E-state index is 10.9. The van der Waals surface area contributed by atoms with Gasteiger partial charge < -0.3 is 9.53 Å². The molecule has 4 heteroatoms. The van der Waals surface area contributed by atoms with E-state index >= 15 is 0 Å². The topological polar surface area (TPSA) is 73.9 Å². The van der Waals surface area contributed by atoms with E-state index in [9.17, 15) is 4.79 Å². The van der Waals surface area contributed by atoms with Crippen LogP contribution >= 0.6 is 0 Å². The van der Waals surface area contributed by atoms with Crippen molar-refractivity contribution in [1.82, 2.24) is 0 Å². The SMILES string of the molecule is COc1ccc(C2C(C=O)C2(C#N)C#N)cc1. The highest BCUT2D eigenvalue weighted by Gasteiger charge is 2.67. The summed E-state index contributed by atoms with van der Waals surface area (Å²) in [5.74, 6) is -0.136. The van der Waals surface area contributed by atoms with Crippen molar-refractivity contribution in [1.29, 1.82) is 10.5 Å². The Kier molecular flexibility index (Phi) is 2.57. The first-order valence-electron chi connectivity index (χ1n) is 5.15. The van der Waals surface area contributed by atoms with Crippen molar-refractivity contribution in [2.45, 2.75) is 5.92 Å². The minimum Gasteiger partial charge on any atom is -0.497 e. The molecule has 0 amide bonds. The number of ether oxygens (including phenoxy) is 1. The Hall–Kier alpha value is -2.33. The average Bonchev–Trinajstić information content (AvgIpc) is 3.07. The lowest BCUT2D eigenvalue weighted by Gasteiger charge is -2.02. The van der Waals surface area contributed by atoms with E-state index in [1.165, 1.54) is 0 Å². The molecule has 0 aromatic heterocycles. The molecule has 1 saturated carbocycles. The maximum Gasteiger partial charge on any atom is 0.161 e. The highest BCUT2D eigenvalue weighted by atomic mass is 16.5. The second kappa shape index (κ2) is 3.92. The largest absolute Gasteiger partial charge is 0.497 e. The Balaban J connectivity index is 2.33. The quantitative estimate of drug-likeness (QED) is 0.734. The summed E-state index contributed by atoms with van der Waals surface area (Å²) in [6.07, 6.45) is 0.696. The highest BCUT2D eigenvalue weighted by Crippen LogP contribution is 2.63. The number of hydrogen-bond acceptors (Lipinski definition) is 4. The summed E-state index contributed by atoms with van der Waals surface area (Å²) < 4.78 is 5.03. The maximum absolute atomic E-state index is 10.9. The van der Waals surface area contributed by atoms with Crippen LogP contribution in [0.3, 0.4) is 0 Å². The van der Waals surface area contributed by atoms with E-state index < -0.39 is 11.3 Å². The van der Waals surface area contributed by atoms with Crippen molar-refractivity contribution in [3.8, 4) is 17.9 Å². The highest BCUT2D eigenvalue weighted by molar-refractivity contribution is 5.70. The summed E-state index contributed by atoms with van der Waals surface area (Å²) in [4.78, 5) is 10.9. The number of aldehydes is 1. The van der Waals surface area contributed by atoms with Crippen LogP contribution in [0, 0.1) is 34.0 Å². The number of methoxy groups -OCH3 is 1. The molecule has 0 bridgehead atoms. The molecular weight excluding hydrogens is 216 g/mol. The van der Waals surface area contributed by atoms with Crippen molar-refractivity contribution in [2.75, 3.05) is 7.11 Å². The van der Waals surface area contributed by atoms with Gasteiger partial charge in [0.15, 0.2) is 5.41 Å². The Morgan fingerprint density at radius 2 is 1.88 bits per heavy atom. The summed E-state index contributed by atoms with van der Waals surface area (Å²) >= 11 is 0. The van der Waals surface area contributed by atoms with Crippen LogP contribution in [-0.4, -0.2) is 13.4 Å². The summed E-state index contributed by atoms with van der Waals surface area (Å²) in [6.45, 7) is 0. The first kappa shape index (κ1) is 11.2. The summed E-state index contributed by atoms with van der Waals surface area (Å²) in [7, 11) is 1.56. The Labute approximate surface area is 99.0 Å².